The highest BCUT2D eigenvalue weighted by Gasteiger charge is 2.22. The van der Waals surface area contributed by atoms with Crippen molar-refractivity contribution in [2.24, 2.45) is 15.3 Å². The molecule has 1 atom stereocenters. The van der Waals surface area contributed by atoms with E-state index in [9.17, 15) is 13.4 Å². The largest absolute Gasteiger partial charge is 0.366 e. The predicted molar refractivity (Wildman–Crippen MR) is 127 cm³/mol. The summed E-state index contributed by atoms with van der Waals surface area (Å²) in [5.74, 6) is -1.22. The van der Waals surface area contributed by atoms with Crippen LogP contribution in [0.1, 0.15) is 36.7 Å². The number of aryl methyl sites for hydroxylation is 1. The molecular weight excluding hydrogens is 460 g/mol. The topological polar surface area (TPSA) is 62.1 Å². The number of benzene rings is 2. The quantitative estimate of drug-likeness (QED) is 0.337. The van der Waals surface area contributed by atoms with E-state index in [4.69, 9.17) is 23.2 Å². The van der Waals surface area contributed by atoms with E-state index in [-0.39, 0.29) is 22.3 Å². The number of hydrogen-bond acceptors (Lipinski definition) is 3. The lowest BCUT2D eigenvalue weighted by atomic mass is 10.2. The molecule has 0 spiro atoms. The van der Waals surface area contributed by atoms with Crippen LogP contribution in [-0.4, -0.2) is 40.7 Å². The second-order valence-corrected chi connectivity index (χ2v) is 10.7. The molecule has 1 unspecified atom stereocenters. The number of amides is 1. The van der Waals surface area contributed by atoms with Crippen LogP contribution in [0.2, 0.25) is 10.0 Å². The Labute approximate surface area is 193 Å². The monoisotopic (exact) mass is 485 g/mol. The molecule has 0 aliphatic rings. The summed E-state index contributed by atoms with van der Waals surface area (Å²) < 4.78 is 31.5. The first kappa shape index (κ1) is 25.3. The Morgan fingerprint density at radius 3 is 2.48 bits per heavy atom. The highest BCUT2D eigenvalue weighted by atomic mass is 35.5. The van der Waals surface area contributed by atoms with Crippen LogP contribution in [0.25, 0.3) is 0 Å². The van der Waals surface area contributed by atoms with E-state index in [2.05, 4.69) is 9.36 Å². The van der Waals surface area contributed by atoms with Crippen molar-refractivity contribution in [1.29, 1.82) is 0 Å². The fraction of sp³-hybridized carbons (Fsp3) is 0.364. The number of rotatable bonds is 7. The molecule has 0 saturated carbocycles. The van der Waals surface area contributed by atoms with Gasteiger partial charge in [0.15, 0.2) is 0 Å². The summed E-state index contributed by atoms with van der Waals surface area (Å²) in [4.78, 5) is 19.4. The molecule has 31 heavy (non-hydrogen) atoms. The first-order valence-corrected chi connectivity index (χ1v) is 12.2. The van der Waals surface area contributed by atoms with Gasteiger partial charge in [-0.05, 0) is 55.7 Å². The molecule has 2 aromatic carbocycles. The minimum absolute atomic E-state index is 0.00469. The van der Waals surface area contributed by atoms with Crippen LogP contribution < -0.4 is 0 Å². The second kappa shape index (κ2) is 10.6. The molecular formula is C22H26Cl2FN3O2S. The third-order valence-corrected chi connectivity index (χ3v) is 7.74. The zero-order chi connectivity index (χ0) is 23.3. The first-order chi connectivity index (χ1) is 14.5. The Morgan fingerprint density at radius 2 is 1.90 bits per heavy atom. The van der Waals surface area contributed by atoms with Gasteiger partial charge in [0, 0.05) is 24.9 Å². The molecule has 2 rings (SSSR count). The van der Waals surface area contributed by atoms with E-state index in [1.165, 1.54) is 12.1 Å². The molecule has 168 valence electrons. The van der Waals surface area contributed by atoms with Gasteiger partial charge in [-0.3, -0.25) is 4.79 Å². The van der Waals surface area contributed by atoms with E-state index < -0.39 is 21.5 Å². The minimum atomic E-state index is -3.15. The first-order valence-electron chi connectivity index (χ1n) is 9.75. The molecule has 0 bridgehead atoms. The average molecular weight is 486 g/mol. The molecule has 1 amide bonds. The van der Waals surface area contributed by atoms with Gasteiger partial charge in [0.25, 0.3) is 5.91 Å². The summed E-state index contributed by atoms with van der Waals surface area (Å²) in [6, 6.07) is 6.82. The SMILES string of the molecule is CCN(C)/C=N/c1cc(C)c(S(=O)(CC(C)C)=NC(=O)c2ccc(F)c(Cl)c2)cc1Cl. The van der Waals surface area contributed by atoms with E-state index in [1.54, 1.807) is 25.4 Å². The van der Waals surface area contributed by atoms with Crippen molar-refractivity contribution in [3.8, 4) is 0 Å². The van der Waals surface area contributed by atoms with Crippen LogP contribution in [0.3, 0.4) is 0 Å². The van der Waals surface area contributed by atoms with E-state index >= 15 is 0 Å². The highest BCUT2D eigenvalue weighted by Crippen LogP contribution is 2.33. The van der Waals surface area contributed by atoms with E-state index in [0.29, 0.717) is 21.2 Å². The van der Waals surface area contributed by atoms with Gasteiger partial charge in [-0.15, -0.1) is 0 Å². The lowest BCUT2D eigenvalue weighted by Gasteiger charge is -2.16. The zero-order valence-corrected chi connectivity index (χ0v) is 20.5. The zero-order valence-electron chi connectivity index (χ0n) is 18.2. The van der Waals surface area contributed by atoms with Gasteiger partial charge in [0.1, 0.15) is 5.82 Å². The average Bonchev–Trinajstić information content (AvgIpc) is 2.69. The molecule has 0 N–H and O–H groups in total. The maximum absolute atomic E-state index is 13.9. The van der Waals surface area contributed by atoms with Gasteiger partial charge in [-0.1, -0.05) is 37.0 Å². The van der Waals surface area contributed by atoms with Crippen LogP contribution >= 0.6 is 23.2 Å². The van der Waals surface area contributed by atoms with Gasteiger partial charge in [-0.25, -0.2) is 13.6 Å². The third kappa shape index (κ3) is 6.51. The molecule has 0 radical (unpaired) electrons. The standard InChI is InChI=1S/C22H26Cl2FN3O2S/c1-6-28(5)13-26-20-9-15(4)21(11-18(20)24)31(30,12-14(2)3)27-22(29)16-7-8-19(25)17(23)10-16/h7-11,13-14H,6,12H2,1-5H3/b26-13+. The molecule has 0 heterocycles. The van der Waals surface area contributed by atoms with Crippen LogP contribution in [0.4, 0.5) is 10.1 Å². The maximum Gasteiger partial charge on any atom is 0.285 e. The number of carbonyl (C=O) groups excluding carboxylic acids is 1. The molecule has 0 aromatic heterocycles. The maximum atomic E-state index is 13.9. The fourth-order valence-corrected chi connectivity index (χ4v) is 5.73. The van der Waals surface area contributed by atoms with Crippen molar-refractivity contribution < 1.29 is 13.4 Å². The molecule has 0 fully saturated rings. The fourth-order valence-electron chi connectivity index (χ4n) is 2.78. The summed E-state index contributed by atoms with van der Waals surface area (Å²) in [5, 5.41) is 0.111. The van der Waals surface area contributed by atoms with Crippen molar-refractivity contribution in [3.63, 3.8) is 0 Å². The van der Waals surface area contributed by atoms with Crippen molar-refractivity contribution in [1.82, 2.24) is 4.90 Å². The predicted octanol–water partition coefficient (Wildman–Crippen LogP) is 6.38. The van der Waals surface area contributed by atoms with Crippen LogP contribution in [0, 0.1) is 18.7 Å². The molecule has 5 nitrogen and oxygen atoms in total. The number of hydrogen-bond donors (Lipinski definition) is 0. The second-order valence-electron chi connectivity index (χ2n) is 7.61. The Kier molecular flexibility index (Phi) is 8.63. The molecule has 2 aromatic rings. The van der Waals surface area contributed by atoms with Crippen molar-refractivity contribution in [2.75, 3.05) is 19.3 Å². The number of nitrogens with zero attached hydrogens (tertiary/aromatic N) is 3. The van der Waals surface area contributed by atoms with Crippen LogP contribution in [-0.2, 0) is 9.73 Å². The number of aliphatic imine (C=N–C) groups is 1. The summed E-state index contributed by atoms with van der Waals surface area (Å²) in [6.45, 7) is 8.35. The Balaban J connectivity index is 2.59. The number of halogens is 3. The summed E-state index contributed by atoms with van der Waals surface area (Å²) in [6.07, 6.45) is 1.66. The van der Waals surface area contributed by atoms with Crippen molar-refractivity contribution >= 4 is 50.9 Å². The van der Waals surface area contributed by atoms with Crippen molar-refractivity contribution in [3.05, 3.63) is 57.3 Å². The van der Waals surface area contributed by atoms with Gasteiger partial charge in [0.05, 0.1) is 36.7 Å². The van der Waals surface area contributed by atoms with Gasteiger partial charge < -0.3 is 4.90 Å². The molecule has 0 saturated heterocycles. The minimum Gasteiger partial charge on any atom is -0.366 e. The summed E-state index contributed by atoms with van der Waals surface area (Å²) in [7, 11) is -1.26. The highest BCUT2D eigenvalue weighted by molar-refractivity contribution is 7.94. The normalized spacial score (nSPS) is 13.5. The molecule has 9 heteroatoms. The number of carbonyl (C=O) groups is 1. The molecule has 0 aliphatic heterocycles. The van der Waals surface area contributed by atoms with Crippen molar-refractivity contribution in [2.45, 2.75) is 32.6 Å². The Morgan fingerprint density at radius 1 is 1.23 bits per heavy atom. The smallest absolute Gasteiger partial charge is 0.285 e. The van der Waals surface area contributed by atoms with Gasteiger partial charge in [0.2, 0.25) is 0 Å². The van der Waals surface area contributed by atoms with Gasteiger partial charge >= 0.3 is 0 Å². The molecule has 0 aliphatic carbocycles. The van der Waals surface area contributed by atoms with E-state index in [0.717, 1.165) is 12.6 Å². The van der Waals surface area contributed by atoms with Crippen LogP contribution in [0.5, 0.6) is 0 Å². The summed E-state index contributed by atoms with van der Waals surface area (Å²) in [5.41, 5.74) is 1.26. The third-order valence-electron chi connectivity index (χ3n) is 4.44. The van der Waals surface area contributed by atoms with Gasteiger partial charge in [-0.2, -0.15) is 4.36 Å². The van der Waals surface area contributed by atoms with E-state index in [1.807, 2.05) is 32.7 Å². The Bertz CT molecular complexity index is 1130. The lowest BCUT2D eigenvalue weighted by molar-refractivity contribution is 0.100. The van der Waals surface area contributed by atoms with Crippen LogP contribution in [0.15, 0.2) is 44.6 Å². The Hall–Kier alpha value is -1.96. The lowest BCUT2D eigenvalue weighted by Crippen LogP contribution is -2.16. The summed E-state index contributed by atoms with van der Waals surface area (Å²) >= 11 is 12.2.